The van der Waals surface area contributed by atoms with Crippen LogP contribution in [0.3, 0.4) is 0 Å². The van der Waals surface area contributed by atoms with Gasteiger partial charge in [-0.3, -0.25) is 0 Å². The van der Waals surface area contributed by atoms with Gasteiger partial charge in [-0.05, 0) is 29.4 Å². The van der Waals surface area contributed by atoms with Crippen LogP contribution in [0.25, 0.3) is 0 Å². The lowest BCUT2D eigenvalue weighted by molar-refractivity contribution is 0.415. The van der Waals surface area contributed by atoms with E-state index in [2.05, 4.69) is 71.5 Å². The van der Waals surface area contributed by atoms with E-state index in [-0.39, 0.29) is 5.41 Å². The van der Waals surface area contributed by atoms with Crippen molar-refractivity contribution in [2.45, 2.75) is 65.6 Å². The second kappa shape index (κ2) is 6.18. The van der Waals surface area contributed by atoms with Crippen LogP contribution in [0.2, 0.25) is 19.6 Å². The summed E-state index contributed by atoms with van der Waals surface area (Å²) in [6.07, 6.45) is 8.22. The second-order valence-electron chi connectivity index (χ2n) is 7.94. The fraction of sp³-hybridized carbons (Fsp3) is 0.579. The molecule has 1 aromatic carbocycles. The number of hydrogen-bond acceptors (Lipinski definition) is 0. The highest BCUT2D eigenvalue weighted by molar-refractivity contribution is 6.89. The summed E-state index contributed by atoms with van der Waals surface area (Å²) >= 11 is 0. The molecule has 0 radical (unpaired) electrons. The van der Waals surface area contributed by atoms with Crippen LogP contribution in [0.15, 0.2) is 18.2 Å². The van der Waals surface area contributed by atoms with E-state index in [9.17, 15) is 0 Å². The van der Waals surface area contributed by atoms with E-state index in [4.69, 9.17) is 6.42 Å². The minimum Gasteiger partial charge on any atom is -0.115 e. The van der Waals surface area contributed by atoms with Crippen molar-refractivity contribution in [2.24, 2.45) is 5.92 Å². The maximum Gasteiger partial charge on any atom is 0.0780 e. The van der Waals surface area contributed by atoms with Crippen LogP contribution in [0.1, 0.15) is 51.7 Å². The Morgan fingerprint density at radius 2 is 1.80 bits per heavy atom. The van der Waals surface area contributed by atoms with Crippen LogP contribution in [-0.4, -0.2) is 8.07 Å². The first-order valence-electron chi connectivity index (χ1n) is 7.70. The Labute approximate surface area is 127 Å². The van der Waals surface area contributed by atoms with Gasteiger partial charge in [-0.25, -0.2) is 0 Å². The molecule has 0 spiro atoms. The SMILES string of the molecule is C#Cc1cccc([Si](C)(C)C)c1C(C)(C)CCC(C)C. The van der Waals surface area contributed by atoms with Gasteiger partial charge in [0, 0.05) is 5.56 Å². The van der Waals surface area contributed by atoms with E-state index in [1.807, 2.05) is 0 Å². The lowest BCUT2D eigenvalue weighted by Crippen LogP contribution is -2.44. The zero-order chi connectivity index (χ0) is 15.6. The van der Waals surface area contributed by atoms with Gasteiger partial charge >= 0.3 is 0 Å². The zero-order valence-electron chi connectivity index (χ0n) is 14.3. The third-order valence-corrected chi connectivity index (χ3v) is 6.08. The molecule has 0 N–H and O–H groups in total. The average Bonchev–Trinajstić information content (AvgIpc) is 2.34. The van der Waals surface area contributed by atoms with E-state index in [0.29, 0.717) is 0 Å². The summed E-state index contributed by atoms with van der Waals surface area (Å²) in [6, 6.07) is 6.54. The maximum atomic E-state index is 5.78. The monoisotopic (exact) mass is 286 g/mol. The average molecular weight is 287 g/mol. The van der Waals surface area contributed by atoms with Crippen molar-refractivity contribution in [3.63, 3.8) is 0 Å². The van der Waals surface area contributed by atoms with E-state index in [1.165, 1.54) is 23.6 Å². The molecule has 0 heterocycles. The first kappa shape index (κ1) is 17.0. The molecule has 20 heavy (non-hydrogen) atoms. The van der Waals surface area contributed by atoms with Crippen molar-refractivity contribution in [1.82, 2.24) is 0 Å². The Kier molecular flexibility index (Phi) is 5.27. The van der Waals surface area contributed by atoms with Crippen LogP contribution < -0.4 is 5.19 Å². The molecule has 0 aliphatic carbocycles. The molecule has 1 heteroatoms. The molecule has 1 aromatic rings. The highest BCUT2D eigenvalue weighted by Crippen LogP contribution is 2.32. The molecule has 0 aromatic heterocycles. The quantitative estimate of drug-likeness (QED) is 0.532. The van der Waals surface area contributed by atoms with Crippen LogP contribution in [0.4, 0.5) is 0 Å². The largest absolute Gasteiger partial charge is 0.115 e. The van der Waals surface area contributed by atoms with Gasteiger partial charge in [0.25, 0.3) is 0 Å². The first-order valence-corrected chi connectivity index (χ1v) is 11.2. The predicted octanol–water partition coefficient (Wildman–Crippen LogP) is 4.93. The Morgan fingerprint density at radius 3 is 2.25 bits per heavy atom. The molecule has 110 valence electrons. The molecule has 0 fully saturated rings. The Morgan fingerprint density at radius 1 is 1.20 bits per heavy atom. The van der Waals surface area contributed by atoms with Crippen molar-refractivity contribution >= 4 is 13.3 Å². The zero-order valence-corrected chi connectivity index (χ0v) is 15.3. The minimum atomic E-state index is -1.39. The van der Waals surface area contributed by atoms with Gasteiger partial charge in [0.05, 0.1) is 8.07 Å². The van der Waals surface area contributed by atoms with E-state index in [0.717, 1.165) is 11.5 Å². The van der Waals surface area contributed by atoms with Crippen molar-refractivity contribution in [3.8, 4) is 12.3 Å². The molecule has 0 aliphatic rings. The summed E-state index contributed by atoms with van der Waals surface area (Å²) in [5.41, 5.74) is 2.68. The molecule has 1 rings (SSSR count). The molecule has 0 unspecified atom stereocenters. The van der Waals surface area contributed by atoms with Gasteiger partial charge in [-0.1, -0.05) is 77.0 Å². The topological polar surface area (TPSA) is 0 Å². The standard InChI is InChI=1S/C19H30Si/c1-9-16-11-10-12-17(20(6,7)8)18(16)19(4,5)14-13-15(2)3/h1,10-12,15H,13-14H2,2-8H3. The molecule has 0 saturated carbocycles. The summed E-state index contributed by atoms with van der Waals surface area (Å²) < 4.78 is 0. The van der Waals surface area contributed by atoms with Gasteiger partial charge in [0.2, 0.25) is 0 Å². The maximum absolute atomic E-state index is 5.78. The van der Waals surface area contributed by atoms with E-state index < -0.39 is 8.07 Å². The summed E-state index contributed by atoms with van der Waals surface area (Å²) in [5.74, 6) is 3.66. The van der Waals surface area contributed by atoms with Gasteiger partial charge < -0.3 is 0 Å². The van der Waals surface area contributed by atoms with Crippen LogP contribution in [-0.2, 0) is 5.41 Å². The number of hydrogen-bond donors (Lipinski definition) is 0. The third kappa shape index (κ3) is 3.99. The van der Waals surface area contributed by atoms with Gasteiger partial charge in [-0.2, -0.15) is 0 Å². The summed E-state index contributed by atoms with van der Waals surface area (Å²) in [4.78, 5) is 0. The Balaban J connectivity index is 3.37. The minimum absolute atomic E-state index is 0.156. The van der Waals surface area contributed by atoms with E-state index in [1.54, 1.807) is 0 Å². The lowest BCUT2D eigenvalue weighted by Gasteiger charge is -2.33. The molecule has 0 amide bonds. The van der Waals surface area contributed by atoms with Gasteiger partial charge in [-0.15, -0.1) is 6.42 Å². The predicted molar refractivity (Wildman–Crippen MR) is 94.5 cm³/mol. The first-order chi connectivity index (χ1) is 9.09. The van der Waals surface area contributed by atoms with Crippen molar-refractivity contribution < 1.29 is 0 Å². The molecule has 0 saturated heterocycles. The van der Waals surface area contributed by atoms with Gasteiger partial charge in [0.1, 0.15) is 0 Å². The summed E-state index contributed by atoms with van der Waals surface area (Å²) in [5, 5.41) is 1.53. The van der Waals surface area contributed by atoms with Crippen LogP contribution >= 0.6 is 0 Å². The fourth-order valence-corrected chi connectivity index (χ4v) is 4.62. The molecule has 0 bridgehead atoms. The molecule has 0 aliphatic heterocycles. The normalized spacial score (nSPS) is 12.6. The lowest BCUT2D eigenvalue weighted by atomic mass is 9.77. The Hall–Kier alpha value is -1.00. The molecule has 0 atom stereocenters. The molecule has 0 nitrogen and oxygen atoms in total. The van der Waals surface area contributed by atoms with E-state index >= 15 is 0 Å². The van der Waals surface area contributed by atoms with Crippen molar-refractivity contribution in [1.29, 1.82) is 0 Å². The van der Waals surface area contributed by atoms with Crippen LogP contribution in [0.5, 0.6) is 0 Å². The number of benzene rings is 1. The fourth-order valence-electron chi connectivity index (χ4n) is 2.80. The van der Waals surface area contributed by atoms with Crippen molar-refractivity contribution in [2.75, 3.05) is 0 Å². The van der Waals surface area contributed by atoms with Gasteiger partial charge in [0.15, 0.2) is 0 Å². The molecular formula is C19H30Si. The third-order valence-electron chi connectivity index (χ3n) is 4.05. The second-order valence-corrected chi connectivity index (χ2v) is 13.0. The number of rotatable bonds is 5. The van der Waals surface area contributed by atoms with Crippen LogP contribution in [0, 0.1) is 18.3 Å². The van der Waals surface area contributed by atoms with Crippen molar-refractivity contribution in [3.05, 3.63) is 29.3 Å². The number of terminal acetylenes is 1. The highest BCUT2D eigenvalue weighted by atomic mass is 28.3. The summed E-state index contributed by atoms with van der Waals surface area (Å²) in [7, 11) is -1.39. The Bertz CT molecular complexity index is 495. The highest BCUT2D eigenvalue weighted by Gasteiger charge is 2.31. The summed E-state index contributed by atoms with van der Waals surface area (Å²) in [6.45, 7) is 16.5. The smallest absolute Gasteiger partial charge is 0.0780 e. The molecular weight excluding hydrogens is 256 g/mol.